The summed E-state index contributed by atoms with van der Waals surface area (Å²) in [4.78, 5) is 0. The van der Waals surface area contributed by atoms with E-state index in [1.54, 1.807) is 0 Å². The summed E-state index contributed by atoms with van der Waals surface area (Å²) in [6.07, 6.45) is 0. The van der Waals surface area contributed by atoms with Crippen molar-refractivity contribution in [1.82, 2.24) is 0 Å². The van der Waals surface area contributed by atoms with Gasteiger partial charge in [0.25, 0.3) is 0 Å². The third-order valence-electron chi connectivity index (χ3n) is 2.27. The molecule has 0 amide bonds. The van der Waals surface area contributed by atoms with Gasteiger partial charge in [-0.25, -0.2) is 0 Å². The van der Waals surface area contributed by atoms with Gasteiger partial charge in [0.2, 0.25) is 0 Å². The van der Waals surface area contributed by atoms with Crippen LogP contribution in [0.2, 0.25) is 0 Å². The Balaban J connectivity index is 3.11. The zero-order valence-electron chi connectivity index (χ0n) is 8.34. The molecule has 2 N–H and O–H groups in total. The van der Waals surface area contributed by atoms with E-state index < -0.39 is 5.50 Å². The van der Waals surface area contributed by atoms with Crippen LogP contribution < -0.4 is 5.73 Å². The zero-order valence-corrected chi connectivity index (χ0v) is 9.10. The molecule has 0 aliphatic heterocycles. The molecule has 0 aromatic heterocycles. The van der Waals surface area contributed by atoms with Gasteiger partial charge in [0.05, 0.1) is 0 Å². The number of aryl methyl sites for hydroxylation is 1. The number of nitrogens with two attached hydrogens (primary N) is 1. The molecule has 0 saturated carbocycles. The van der Waals surface area contributed by atoms with Gasteiger partial charge in [0.1, 0.15) is 5.50 Å². The first kappa shape index (κ1) is 10.6. The Morgan fingerprint density at radius 3 is 2.38 bits per heavy atom. The van der Waals surface area contributed by atoms with E-state index in [9.17, 15) is 0 Å². The third-order valence-corrected chi connectivity index (χ3v) is 2.50. The van der Waals surface area contributed by atoms with Crippen LogP contribution in [-0.4, -0.2) is 0 Å². The second-order valence-electron chi connectivity index (χ2n) is 3.67. The molecule has 0 radical (unpaired) electrons. The van der Waals surface area contributed by atoms with Gasteiger partial charge in [-0.3, -0.25) is 0 Å². The van der Waals surface area contributed by atoms with Crippen molar-refractivity contribution in [3.63, 3.8) is 0 Å². The predicted molar refractivity (Wildman–Crippen MR) is 58.0 cm³/mol. The van der Waals surface area contributed by atoms with Crippen molar-refractivity contribution in [1.29, 1.82) is 0 Å². The highest BCUT2D eigenvalue weighted by molar-refractivity contribution is 6.20. The fourth-order valence-electron chi connectivity index (χ4n) is 1.32. The van der Waals surface area contributed by atoms with Gasteiger partial charge in [-0.1, -0.05) is 32.0 Å². The molecular formula is C11H16ClN. The highest BCUT2D eigenvalue weighted by Gasteiger charge is 2.07. The Kier molecular flexibility index (Phi) is 3.34. The molecule has 13 heavy (non-hydrogen) atoms. The van der Waals surface area contributed by atoms with Crippen LogP contribution in [0.1, 0.15) is 42.0 Å². The summed E-state index contributed by atoms with van der Waals surface area (Å²) in [6.45, 7) is 6.35. The van der Waals surface area contributed by atoms with Gasteiger partial charge in [-0.2, -0.15) is 0 Å². The van der Waals surface area contributed by atoms with E-state index in [0.717, 1.165) is 11.1 Å². The van der Waals surface area contributed by atoms with Crippen LogP contribution in [0.5, 0.6) is 0 Å². The lowest BCUT2D eigenvalue weighted by molar-refractivity contribution is 0.857. The Morgan fingerprint density at radius 1 is 1.31 bits per heavy atom. The smallest absolute Gasteiger partial charge is 0.106 e. The monoisotopic (exact) mass is 197 g/mol. The van der Waals surface area contributed by atoms with Crippen LogP contribution in [0.25, 0.3) is 0 Å². The lowest BCUT2D eigenvalue weighted by atomic mass is 9.98. The second kappa shape index (κ2) is 4.12. The lowest BCUT2D eigenvalue weighted by Crippen LogP contribution is -2.05. The first-order valence-electron chi connectivity index (χ1n) is 4.52. The molecule has 1 nitrogen and oxygen atoms in total. The molecule has 0 bridgehead atoms. The standard InChI is InChI=1S/C11H16ClN/c1-7(2)9-5-4-8(3)10(6-9)11(12)13/h4-7,11H,13H2,1-3H3. The predicted octanol–water partition coefficient (Wildman–Crippen LogP) is 3.31. The molecule has 72 valence electrons. The maximum absolute atomic E-state index is 5.86. The van der Waals surface area contributed by atoms with Crippen molar-refractivity contribution >= 4 is 11.6 Å². The van der Waals surface area contributed by atoms with E-state index in [1.807, 2.05) is 6.92 Å². The molecule has 0 fully saturated rings. The van der Waals surface area contributed by atoms with Crippen molar-refractivity contribution < 1.29 is 0 Å². The van der Waals surface area contributed by atoms with Gasteiger partial charge in [-0.15, -0.1) is 11.6 Å². The van der Waals surface area contributed by atoms with Gasteiger partial charge in [0, 0.05) is 0 Å². The van der Waals surface area contributed by atoms with E-state index in [0.29, 0.717) is 5.92 Å². The summed E-state index contributed by atoms with van der Waals surface area (Å²) in [5.41, 5.74) is 8.74. The van der Waals surface area contributed by atoms with E-state index >= 15 is 0 Å². The average molecular weight is 198 g/mol. The van der Waals surface area contributed by atoms with Crippen molar-refractivity contribution in [2.24, 2.45) is 5.73 Å². The first-order valence-corrected chi connectivity index (χ1v) is 4.96. The van der Waals surface area contributed by atoms with Crippen LogP contribution in [-0.2, 0) is 0 Å². The van der Waals surface area contributed by atoms with Crippen LogP contribution >= 0.6 is 11.6 Å². The highest BCUT2D eigenvalue weighted by Crippen LogP contribution is 2.23. The molecule has 1 unspecified atom stereocenters. The summed E-state index contributed by atoms with van der Waals surface area (Å²) in [7, 11) is 0. The van der Waals surface area contributed by atoms with E-state index in [1.165, 1.54) is 5.56 Å². The maximum atomic E-state index is 5.86. The van der Waals surface area contributed by atoms with Crippen LogP contribution in [0.15, 0.2) is 18.2 Å². The Labute approximate surface area is 84.9 Å². The number of rotatable bonds is 2. The normalized spacial score (nSPS) is 13.4. The van der Waals surface area contributed by atoms with Crippen molar-refractivity contribution in [3.05, 3.63) is 34.9 Å². The number of halogens is 1. The van der Waals surface area contributed by atoms with Crippen molar-refractivity contribution in [2.45, 2.75) is 32.2 Å². The number of alkyl halides is 1. The highest BCUT2D eigenvalue weighted by atomic mass is 35.5. The maximum Gasteiger partial charge on any atom is 0.106 e. The summed E-state index contributed by atoms with van der Waals surface area (Å²) in [6, 6.07) is 6.30. The number of benzene rings is 1. The van der Waals surface area contributed by atoms with Crippen LogP contribution in [0.4, 0.5) is 0 Å². The van der Waals surface area contributed by atoms with Gasteiger partial charge in [0.15, 0.2) is 0 Å². The SMILES string of the molecule is Cc1ccc(C(C)C)cc1C(N)Cl. The summed E-state index contributed by atoms with van der Waals surface area (Å²) in [5, 5.41) is 0. The first-order chi connectivity index (χ1) is 6.02. The molecule has 1 aromatic carbocycles. The molecule has 1 atom stereocenters. The summed E-state index contributed by atoms with van der Waals surface area (Å²) in [5.74, 6) is 0.523. The lowest BCUT2D eigenvalue weighted by Gasteiger charge is -2.12. The average Bonchev–Trinajstić information content (AvgIpc) is 2.04. The molecule has 1 rings (SSSR count). The summed E-state index contributed by atoms with van der Waals surface area (Å²) >= 11 is 5.86. The van der Waals surface area contributed by atoms with Gasteiger partial charge in [-0.05, 0) is 29.5 Å². The fraction of sp³-hybridized carbons (Fsp3) is 0.455. The van der Waals surface area contributed by atoms with Crippen molar-refractivity contribution in [3.8, 4) is 0 Å². The molecule has 1 aromatic rings. The van der Waals surface area contributed by atoms with Gasteiger partial charge < -0.3 is 5.73 Å². The Bertz CT molecular complexity index is 292. The van der Waals surface area contributed by atoms with E-state index in [4.69, 9.17) is 17.3 Å². The van der Waals surface area contributed by atoms with Crippen molar-refractivity contribution in [2.75, 3.05) is 0 Å². The molecule has 0 aliphatic carbocycles. The van der Waals surface area contributed by atoms with E-state index in [-0.39, 0.29) is 0 Å². The molecular weight excluding hydrogens is 182 g/mol. The van der Waals surface area contributed by atoms with E-state index in [2.05, 4.69) is 32.0 Å². The Morgan fingerprint density at radius 2 is 1.92 bits per heavy atom. The van der Waals surface area contributed by atoms with Crippen LogP contribution in [0.3, 0.4) is 0 Å². The van der Waals surface area contributed by atoms with Crippen LogP contribution in [0, 0.1) is 6.92 Å². The summed E-state index contributed by atoms with van der Waals surface area (Å²) < 4.78 is 0. The van der Waals surface area contributed by atoms with Gasteiger partial charge >= 0.3 is 0 Å². The minimum absolute atomic E-state index is 0.390. The Hall–Kier alpha value is -0.530. The minimum Gasteiger partial charge on any atom is -0.312 e. The third kappa shape index (κ3) is 2.45. The number of hydrogen-bond acceptors (Lipinski definition) is 1. The largest absolute Gasteiger partial charge is 0.312 e. The minimum atomic E-state index is -0.390. The topological polar surface area (TPSA) is 26.0 Å². The second-order valence-corrected chi connectivity index (χ2v) is 4.14. The fourth-order valence-corrected chi connectivity index (χ4v) is 1.55. The molecule has 0 heterocycles. The number of hydrogen-bond donors (Lipinski definition) is 1. The molecule has 0 spiro atoms. The zero-order chi connectivity index (χ0) is 10.0. The molecule has 0 aliphatic rings. The quantitative estimate of drug-likeness (QED) is 0.572. The molecule has 0 saturated heterocycles. The molecule has 2 heteroatoms.